The maximum atomic E-state index is 12.5. The molecule has 3 N–H and O–H groups in total. The maximum absolute atomic E-state index is 12.5. The van der Waals surface area contributed by atoms with Gasteiger partial charge in [0.15, 0.2) is 0 Å². The molecule has 2 amide bonds. The second-order valence-corrected chi connectivity index (χ2v) is 7.99. The van der Waals surface area contributed by atoms with Gasteiger partial charge in [-0.1, -0.05) is 23.7 Å². The topological polar surface area (TPSA) is 131 Å². The number of amides is 2. The summed E-state index contributed by atoms with van der Waals surface area (Å²) in [4.78, 5) is 45.4. The summed E-state index contributed by atoms with van der Waals surface area (Å²) >= 11 is 5.90. The number of rotatable bonds is 5. The molecular weight excluding hydrogens is 444 g/mol. The highest BCUT2D eigenvalue weighted by atomic mass is 35.5. The van der Waals surface area contributed by atoms with Crippen LogP contribution in [0.5, 0.6) is 0 Å². The SMILES string of the molecule is CN1CCC(C(=O)Nc2ccc(-c3nc(Nc4ccc(Cl)cc4)[nH]c(=O)c3C#N)cc2)C1=O. The van der Waals surface area contributed by atoms with Gasteiger partial charge in [0.05, 0.1) is 5.69 Å². The molecule has 0 saturated carbocycles. The Labute approximate surface area is 194 Å². The van der Waals surface area contributed by atoms with E-state index in [1.54, 1.807) is 55.6 Å². The van der Waals surface area contributed by atoms with E-state index in [0.29, 0.717) is 34.9 Å². The molecule has 2 aromatic carbocycles. The lowest BCUT2D eigenvalue weighted by Crippen LogP contribution is -2.30. The zero-order valence-electron chi connectivity index (χ0n) is 17.6. The lowest BCUT2D eigenvalue weighted by atomic mass is 10.1. The molecule has 0 radical (unpaired) electrons. The van der Waals surface area contributed by atoms with Crippen LogP contribution >= 0.6 is 11.6 Å². The van der Waals surface area contributed by atoms with Gasteiger partial charge in [0.2, 0.25) is 17.8 Å². The Bertz CT molecular complexity index is 1310. The molecule has 1 aromatic heterocycles. The van der Waals surface area contributed by atoms with Crippen LogP contribution in [0.4, 0.5) is 17.3 Å². The number of carbonyl (C=O) groups is 2. The van der Waals surface area contributed by atoms with E-state index in [0.717, 1.165) is 0 Å². The Kier molecular flexibility index (Phi) is 6.11. The molecule has 0 bridgehead atoms. The van der Waals surface area contributed by atoms with Gasteiger partial charge in [-0.3, -0.25) is 19.4 Å². The second kappa shape index (κ2) is 9.14. The first-order valence-electron chi connectivity index (χ1n) is 10.1. The fourth-order valence-corrected chi connectivity index (χ4v) is 3.65. The zero-order valence-corrected chi connectivity index (χ0v) is 18.3. The summed E-state index contributed by atoms with van der Waals surface area (Å²) in [6.45, 7) is 0.549. The number of aromatic amines is 1. The molecule has 0 aliphatic carbocycles. The number of anilines is 3. The summed E-state index contributed by atoms with van der Waals surface area (Å²) in [7, 11) is 1.67. The van der Waals surface area contributed by atoms with Gasteiger partial charge in [0.1, 0.15) is 17.6 Å². The normalized spacial score (nSPS) is 15.2. The van der Waals surface area contributed by atoms with Crippen molar-refractivity contribution < 1.29 is 9.59 Å². The molecule has 2 heterocycles. The van der Waals surface area contributed by atoms with Crippen LogP contribution in [-0.2, 0) is 9.59 Å². The van der Waals surface area contributed by atoms with Crippen molar-refractivity contribution in [2.75, 3.05) is 24.2 Å². The number of H-pyrrole nitrogens is 1. The molecule has 1 fully saturated rings. The summed E-state index contributed by atoms with van der Waals surface area (Å²) in [6.07, 6.45) is 0.477. The Balaban J connectivity index is 1.57. The fraction of sp³-hybridized carbons (Fsp3) is 0.174. The molecule has 166 valence electrons. The molecule has 1 aliphatic heterocycles. The maximum Gasteiger partial charge on any atom is 0.270 e. The molecule has 3 aromatic rings. The van der Waals surface area contributed by atoms with Crippen LogP contribution in [-0.4, -0.2) is 40.3 Å². The van der Waals surface area contributed by atoms with E-state index >= 15 is 0 Å². The van der Waals surface area contributed by atoms with Crippen molar-refractivity contribution in [3.8, 4) is 17.3 Å². The standard InChI is InChI=1S/C23H19ClN6O3/c1-30-11-10-17(22(30)33)20(31)26-15-6-2-13(3-7-15)19-18(12-25)21(32)29-23(28-19)27-16-8-4-14(24)5-9-16/h2-9,17H,10-11H2,1H3,(H,26,31)(H2,27,28,29,32). The Morgan fingerprint density at radius 2 is 1.82 bits per heavy atom. The van der Waals surface area contributed by atoms with Crippen molar-refractivity contribution in [1.82, 2.24) is 14.9 Å². The molecular formula is C23H19ClN6O3. The minimum atomic E-state index is -0.698. The highest BCUT2D eigenvalue weighted by Crippen LogP contribution is 2.25. The van der Waals surface area contributed by atoms with Gasteiger partial charge in [-0.25, -0.2) is 4.98 Å². The van der Waals surface area contributed by atoms with E-state index in [1.165, 1.54) is 4.90 Å². The number of aromatic nitrogens is 2. The van der Waals surface area contributed by atoms with Crippen molar-refractivity contribution in [1.29, 1.82) is 5.26 Å². The molecule has 1 saturated heterocycles. The molecule has 1 atom stereocenters. The van der Waals surface area contributed by atoms with Gasteiger partial charge >= 0.3 is 0 Å². The minimum Gasteiger partial charge on any atom is -0.345 e. The molecule has 33 heavy (non-hydrogen) atoms. The largest absolute Gasteiger partial charge is 0.345 e. The molecule has 0 spiro atoms. The lowest BCUT2D eigenvalue weighted by molar-refractivity contribution is -0.134. The van der Waals surface area contributed by atoms with Crippen LogP contribution in [0.15, 0.2) is 53.3 Å². The quantitative estimate of drug-likeness (QED) is 0.499. The number of hydrogen-bond donors (Lipinski definition) is 3. The van der Waals surface area contributed by atoms with E-state index < -0.39 is 11.5 Å². The zero-order chi connectivity index (χ0) is 23.5. The molecule has 1 aliphatic rings. The highest BCUT2D eigenvalue weighted by molar-refractivity contribution is 6.30. The Hall–Kier alpha value is -4.16. The first-order valence-corrected chi connectivity index (χ1v) is 10.5. The van der Waals surface area contributed by atoms with Gasteiger partial charge in [-0.05, 0) is 42.8 Å². The van der Waals surface area contributed by atoms with E-state index in [-0.39, 0.29) is 29.0 Å². The van der Waals surface area contributed by atoms with Crippen LogP contribution < -0.4 is 16.2 Å². The predicted molar refractivity (Wildman–Crippen MR) is 124 cm³/mol. The van der Waals surface area contributed by atoms with Gasteiger partial charge in [0.25, 0.3) is 5.56 Å². The van der Waals surface area contributed by atoms with Gasteiger partial charge in [-0.2, -0.15) is 5.26 Å². The molecule has 10 heteroatoms. The molecule has 4 rings (SSSR count). The van der Waals surface area contributed by atoms with Gasteiger partial charge in [0, 0.05) is 35.6 Å². The van der Waals surface area contributed by atoms with Crippen LogP contribution in [0.2, 0.25) is 5.02 Å². The van der Waals surface area contributed by atoms with Crippen LogP contribution in [0, 0.1) is 17.2 Å². The number of carbonyl (C=O) groups excluding carboxylic acids is 2. The number of hydrogen-bond acceptors (Lipinski definition) is 6. The smallest absolute Gasteiger partial charge is 0.270 e. The number of benzene rings is 2. The van der Waals surface area contributed by atoms with E-state index in [4.69, 9.17) is 11.6 Å². The van der Waals surface area contributed by atoms with Crippen molar-refractivity contribution in [3.63, 3.8) is 0 Å². The average Bonchev–Trinajstić information content (AvgIpc) is 3.14. The summed E-state index contributed by atoms with van der Waals surface area (Å²) in [5.41, 5.74) is 1.15. The average molecular weight is 463 g/mol. The summed E-state index contributed by atoms with van der Waals surface area (Å²) in [5, 5.41) is 15.8. The van der Waals surface area contributed by atoms with Crippen LogP contribution in [0.25, 0.3) is 11.3 Å². The number of nitriles is 1. The molecule has 1 unspecified atom stereocenters. The van der Waals surface area contributed by atoms with Crippen molar-refractivity contribution in [3.05, 3.63) is 69.5 Å². The third kappa shape index (κ3) is 4.71. The van der Waals surface area contributed by atoms with Crippen LogP contribution in [0.3, 0.4) is 0 Å². The minimum absolute atomic E-state index is 0.131. The summed E-state index contributed by atoms with van der Waals surface area (Å²) < 4.78 is 0. The van der Waals surface area contributed by atoms with Crippen molar-refractivity contribution >= 4 is 40.7 Å². The summed E-state index contributed by atoms with van der Waals surface area (Å²) in [6, 6.07) is 15.3. The number of nitrogens with zero attached hydrogens (tertiary/aromatic N) is 3. The predicted octanol–water partition coefficient (Wildman–Crippen LogP) is 3.12. The number of nitrogens with one attached hydrogen (secondary N) is 3. The van der Waals surface area contributed by atoms with E-state index in [1.807, 2.05) is 6.07 Å². The third-order valence-corrected chi connectivity index (χ3v) is 5.56. The first kappa shape index (κ1) is 22.0. The Morgan fingerprint density at radius 1 is 1.15 bits per heavy atom. The second-order valence-electron chi connectivity index (χ2n) is 7.55. The summed E-state index contributed by atoms with van der Waals surface area (Å²) in [5.74, 6) is -1.09. The van der Waals surface area contributed by atoms with Gasteiger partial charge in [-0.15, -0.1) is 0 Å². The number of halogens is 1. The van der Waals surface area contributed by atoms with Crippen molar-refractivity contribution in [2.45, 2.75) is 6.42 Å². The van der Waals surface area contributed by atoms with E-state index in [2.05, 4.69) is 20.6 Å². The number of likely N-dealkylation sites (tertiary alicyclic amines) is 1. The highest BCUT2D eigenvalue weighted by Gasteiger charge is 2.34. The Morgan fingerprint density at radius 3 is 2.42 bits per heavy atom. The molecule has 9 nitrogen and oxygen atoms in total. The third-order valence-electron chi connectivity index (χ3n) is 5.31. The monoisotopic (exact) mass is 462 g/mol. The van der Waals surface area contributed by atoms with Crippen LogP contribution in [0.1, 0.15) is 12.0 Å². The fourth-order valence-electron chi connectivity index (χ4n) is 3.52. The van der Waals surface area contributed by atoms with Crippen molar-refractivity contribution in [2.24, 2.45) is 5.92 Å². The van der Waals surface area contributed by atoms with E-state index in [9.17, 15) is 19.6 Å². The first-order chi connectivity index (χ1) is 15.9. The van der Waals surface area contributed by atoms with Gasteiger partial charge < -0.3 is 15.5 Å². The lowest BCUT2D eigenvalue weighted by Gasteiger charge is -2.12.